The molecular weight excluding hydrogens is 270 g/mol. The summed E-state index contributed by atoms with van der Waals surface area (Å²) in [5.74, 6) is 1.21. The second-order valence-electron chi connectivity index (χ2n) is 5.58. The minimum Gasteiger partial charge on any atom is -0.440 e. The monoisotopic (exact) mass is 287 g/mol. The lowest BCUT2D eigenvalue weighted by Gasteiger charge is -2.22. The average Bonchev–Trinajstić information content (AvgIpc) is 3.28. The Morgan fingerprint density at radius 3 is 3.05 bits per heavy atom. The predicted octanol–water partition coefficient (Wildman–Crippen LogP) is 1.63. The van der Waals surface area contributed by atoms with Crippen LogP contribution in [0.2, 0.25) is 0 Å². The molecule has 2 aromatic rings. The van der Waals surface area contributed by atoms with Gasteiger partial charge in [-0.1, -0.05) is 0 Å². The number of ether oxygens (including phenoxy) is 1. The molecule has 21 heavy (non-hydrogen) atoms. The van der Waals surface area contributed by atoms with Crippen LogP contribution < -0.4 is 10.6 Å². The number of carbonyl (C=O) groups is 1. The summed E-state index contributed by atoms with van der Waals surface area (Å²) < 4.78 is 11.1. The summed E-state index contributed by atoms with van der Waals surface area (Å²) in [6.07, 6.45) is 2.31. The molecule has 1 aromatic carbocycles. The van der Waals surface area contributed by atoms with Crippen LogP contribution in [0.25, 0.3) is 11.1 Å². The maximum absolute atomic E-state index is 12.1. The van der Waals surface area contributed by atoms with Crippen LogP contribution >= 0.6 is 0 Å². The molecule has 110 valence electrons. The summed E-state index contributed by atoms with van der Waals surface area (Å²) in [6.45, 7) is 1.75. The molecule has 2 heterocycles. The van der Waals surface area contributed by atoms with Gasteiger partial charge in [-0.2, -0.15) is 0 Å². The smallest absolute Gasteiger partial charge is 0.243 e. The third-order valence-corrected chi connectivity index (χ3v) is 3.84. The molecule has 1 aliphatic heterocycles. The molecule has 1 amide bonds. The van der Waals surface area contributed by atoms with E-state index in [4.69, 9.17) is 9.15 Å². The first kappa shape index (κ1) is 12.8. The molecule has 1 aromatic heterocycles. The number of amides is 1. The molecule has 1 atom stereocenters. The summed E-state index contributed by atoms with van der Waals surface area (Å²) in [5.41, 5.74) is 2.29. The standard InChI is InChI=1S/C15H17N3O3/c19-14(12-8-20-6-5-16-12)17-10-3-4-11-13(7-10)21-15(18-11)9-1-2-9/h3-4,7,9,12,16H,1-2,5-6,8H2,(H,17,19). The summed E-state index contributed by atoms with van der Waals surface area (Å²) in [4.78, 5) is 16.6. The van der Waals surface area contributed by atoms with Gasteiger partial charge in [-0.25, -0.2) is 4.98 Å². The summed E-state index contributed by atoms with van der Waals surface area (Å²) in [6, 6.07) is 5.26. The molecule has 2 aliphatic rings. The number of oxazole rings is 1. The van der Waals surface area contributed by atoms with Gasteiger partial charge in [0.25, 0.3) is 0 Å². The van der Waals surface area contributed by atoms with Crippen LogP contribution in [0.4, 0.5) is 5.69 Å². The van der Waals surface area contributed by atoms with E-state index in [1.54, 1.807) is 0 Å². The molecule has 6 heteroatoms. The Bertz CT molecular complexity index is 672. The molecule has 0 spiro atoms. The van der Waals surface area contributed by atoms with E-state index < -0.39 is 0 Å². The van der Waals surface area contributed by atoms with Gasteiger partial charge in [0.2, 0.25) is 5.91 Å². The Balaban J connectivity index is 1.51. The zero-order valence-corrected chi connectivity index (χ0v) is 11.6. The molecule has 4 rings (SSSR count). The number of morpholine rings is 1. The van der Waals surface area contributed by atoms with Gasteiger partial charge in [0.05, 0.1) is 13.2 Å². The van der Waals surface area contributed by atoms with Crippen molar-refractivity contribution in [1.29, 1.82) is 0 Å². The fourth-order valence-electron chi connectivity index (χ4n) is 2.49. The minimum absolute atomic E-state index is 0.0871. The number of hydrogen-bond acceptors (Lipinski definition) is 5. The van der Waals surface area contributed by atoms with Crippen molar-refractivity contribution in [2.75, 3.05) is 25.1 Å². The lowest BCUT2D eigenvalue weighted by Crippen LogP contribution is -2.48. The first-order valence-corrected chi connectivity index (χ1v) is 7.32. The van der Waals surface area contributed by atoms with E-state index >= 15 is 0 Å². The highest BCUT2D eigenvalue weighted by Crippen LogP contribution is 2.40. The van der Waals surface area contributed by atoms with Crippen LogP contribution in [0.5, 0.6) is 0 Å². The number of anilines is 1. The first-order valence-electron chi connectivity index (χ1n) is 7.32. The number of nitrogens with one attached hydrogen (secondary N) is 2. The second-order valence-corrected chi connectivity index (χ2v) is 5.58. The molecule has 1 aliphatic carbocycles. The lowest BCUT2D eigenvalue weighted by atomic mass is 10.2. The Kier molecular flexibility index (Phi) is 3.12. The second kappa shape index (κ2) is 5.13. The van der Waals surface area contributed by atoms with E-state index in [0.717, 1.165) is 35.5 Å². The molecule has 6 nitrogen and oxygen atoms in total. The number of nitrogens with zero attached hydrogens (tertiary/aromatic N) is 1. The van der Waals surface area contributed by atoms with E-state index in [1.165, 1.54) is 0 Å². The Morgan fingerprint density at radius 2 is 2.29 bits per heavy atom. The normalized spacial score (nSPS) is 22.4. The molecular formula is C15H17N3O3. The molecule has 1 saturated heterocycles. The highest BCUT2D eigenvalue weighted by atomic mass is 16.5. The molecule has 1 saturated carbocycles. The zero-order valence-electron chi connectivity index (χ0n) is 11.6. The molecule has 2 N–H and O–H groups in total. The van der Waals surface area contributed by atoms with Crippen LogP contribution in [-0.2, 0) is 9.53 Å². The molecule has 1 unspecified atom stereocenters. The number of benzene rings is 1. The number of aromatic nitrogens is 1. The van der Waals surface area contributed by atoms with Crippen LogP contribution in [0.3, 0.4) is 0 Å². The van der Waals surface area contributed by atoms with Crippen molar-refractivity contribution in [2.45, 2.75) is 24.8 Å². The maximum atomic E-state index is 12.1. The largest absolute Gasteiger partial charge is 0.440 e. The van der Waals surface area contributed by atoms with Gasteiger partial charge in [-0.15, -0.1) is 0 Å². The molecule has 0 radical (unpaired) electrons. The van der Waals surface area contributed by atoms with Crippen molar-refractivity contribution in [1.82, 2.24) is 10.3 Å². The van der Waals surface area contributed by atoms with E-state index in [2.05, 4.69) is 15.6 Å². The Hall–Kier alpha value is -1.92. The highest BCUT2D eigenvalue weighted by molar-refractivity contribution is 5.96. The fraction of sp³-hybridized carbons (Fsp3) is 0.467. The molecule has 2 fully saturated rings. The van der Waals surface area contributed by atoms with Gasteiger partial charge in [0.15, 0.2) is 11.5 Å². The first-order chi connectivity index (χ1) is 10.3. The van der Waals surface area contributed by atoms with Crippen molar-refractivity contribution >= 4 is 22.7 Å². The van der Waals surface area contributed by atoms with Crippen LogP contribution in [0, 0.1) is 0 Å². The zero-order chi connectivity index (χ0) is 14.2. The van der Waals surface area contributed by atoms with Crippen LogP contribution in [-0.4, -0.2) is 36.7 Å². The van der Waals surface area contributed by atoms with Gasteiger partial charge in [-0.3, -0.25) is 4.79 Å². The maximum Gasteiger partial charge on any atom is 0.243 e. The van der Waals surface area contributed by atoms with E-state index in [9.17, 15) is 4.79 Å². The van der Waals surface area contributed by atoms with Gasteiger partial charge >= 0.3 is 0 Å². The number of hydrogen-bond donors (Lipinski definition) is 2. The van der Waals surface area contributed by atoms with Gasteiger partial charge in [0.1, 0.15) is 11.6 Å². The van der Waals surface area contributed by atoms with Crippen molar-refractivity contribution in [3.63, 3.8) is 0 Å². The topological polar surface area (TPSA) is 76.4 Å². The van der Waals surface area contributed by atoms with Crippen molar-refractivity contribution in [3.05, 3.63) is 24.1 Å². The highest BCUT2D eigenvalue weighted by Gasteiger charge is 2.29. The predicted molar refractivity (Wildman–Crippen MR) is 77.2 cm³/mol. The number of fused-ring (bicyclic) bond motifs is 1. The van der Waals surface area contributed by atoms with Gasteiger partial charge in [0, 0.05) is 24.2 Å². The lowest BCUT2D eigenvalue weighted by molar-refractivity contribution is -0.120. The molecule has 0 bridgehead atoms. The average molecular weight is 287 g/mol. The Morgan fingerprint density at radius 1 is 1.38 bits per heavy atom. The van der Waals surface area contributed by atoms with Gasteiger partial charge in [-0.05, 0) is 25.0 Å². The number of carbonyl (C=O) groups excluding carboxylic acids is 1. The van der Waals surface area contributed by atoms with E-state index in [-0.39, 0.29) is 11.9 Å². The number of rotatable bonds is 3. The third kappa shape index (κ3) is 2.64. The van der Waals surface area contributed by atoms with E-state index in [0.29, 0.717) is 25.7 Å². The minimum atomic E-state index is -0.300. The van der Waals surface area contributed by atoms with Crippen molar-refractivity contribution in [3.8, 4) is 0 Å². The van der Waals surface area contributed by atoms with Crippen molar-refractivity contribution < 1.29 is 13.9 Å². The van der Waals surface area contributed by atoms with E-state index in [1.807, 2.05) is 18.2 Å². The van der Waals surface area contributed by atoms with Crippen LogP contribution in [0.1, 0.15) is 24.7 Å². The SMILES string of the molecule is O=C(Nc1ccc2nc(C3CC3)oc2c1)C1COCCN1. The van der Waals surface area contributed by atoms with Crippen LogP contribution in [0.15, 0.2) is 22.6 Å². The fourth-order valence-corrected chi connectivity index (χ4v) is 2.49. The summed E-state index contributed by atoms with van der Waals surface area (Å²) in [5, 5.41) is 6.02. The quantitative estimate of drug-likeness (QED) is 0.897. The Labute approximate surface area is 121 Å². The summed E-state index contributed by atoms with van der Waals surface area (Å²) in [7, 11) is 0. The summed E-state index contributed by atoms with van der Waals surface area (Å²) >= 11 is 0. The third-order valence-electron chi connectivity index (χ3n) is 3.84. The van der Waals surface area contributed by atoms with Gasteiger partial charge < -0.3 is 19.8 Å². The van der Waals surface area contributed by atoms with Crippen molar-refractivity contribution in [2.24, 2.45) is 0 Å².